The molecule has 0 bridgehead atoms. The first-order valence-electron chi connectivity index (χ1n) is 17.6. The molecule has 1 heterocycles. The SMILES string of the molecule is CC.CC.CC/C(N)=C/N(N)C(CF)Cc1ccc(-c2cc[n+](O)cc2)cc1.CNCCC(C)OC(OCC(C)(O)CC(C)C)C(C)N=O. The molecule has 12 heteroatoms. The van der Waals surface area contributed by atoms with E-state index in [9.17, 15) is 19.6 Å². The Morgan fingerprint density at radius 3 is 2.10 bits per heavy atom. The van der Waals surface area contributed by atoms with Crippen LogP contribution in [0.5, 0.6) is 0 Å². The van der Waals surface area contributed by atoms with Gasteiger partial charge in [0.15, 0.2) is 6.29 Å². The van der Waals surface area contributed by atoms with E-state index < -0.39 is 30.6 Å². The third kappa shape index (κ3) is 21.5. The van der Waals surface area contributed by atoms with Crippen LogP contribution >= 0.6 is 0 Å². The Labute approximate surface area is 295 Å². The smallest absolute Gasteiger partial charge is 0.222 e. The maximum absolute atomic E-state index is 13.3. The standard InChI is InChI=1S/C18H24FN4O.C15H32N2O4.2C2H6/c1-2-17(20)13-23(21)18(12-19)11-14-3-5-15(6-4-14)16-7-9-22(24)10-8-16;1-11(2)9-15(5,18)10-20-14(13(4)17-19)21-12(3)7-8-16-6;2*1-2/h3-10,13,18,24H,2,11-12,20-21H2,1H3;11-14,16,18H,7-10H2,1-6H3;2*1-2H3/q+1;;;/b17-13-;;;. The molecule has 0 saturated carbocycles. The fraction of sp³-hybridized carbons (Fsp3) is 0.649. The molecule has 0 spiro atoms. The van der Waals surface area contributed by atoms with Crippen molar-refractivity contribution < 1.29 is 28.9 Å². The molecule has 49 heavy (non-hydrogen) atoms. The zero-order valence-corrected chi connectivity index (χ0v) is 32.0. The summed E-state index contributed by atoms with van der Waals surface area (Å²) in [4.78, 5) is 10.8. The summed E-state index contributed by atoms with van der Waals surface area (Å²) in [5, 5.41) is 26.9. The van der Waals surface area contributed by atoms with Crippen LogP contribution < -0.4 is 21.6 Å². The minimum absolute atomic E-state index is 0.0540. The van der Waals surface area contributed by atoms with Crippen molar-refractivity contribution in [3.8, 4) is 11.1 Å². The molecule has 0 amide bonds. The van der Waals surface area contributed by atoms with Gasteiger partial charge in [-0.25, -0.2) is 10.2 Å². The van der Waals surface area contributed by atoms with Crippen molar-refractivity contribution in [1.29, 1.82) is 0 Å². The lowest BCUT2D eigenvalue weighted by molar-refractivity contribution is -0.904. The number of alkyl halides is 1. The van der Waals surface area contributed by atoms with Crippen LogP contribution in [0.4, 0.5) is 4.39 Å². The summed E-state index contributed by atoms with van der Waals surface area (Å²) in [5.74, 6) is 6.26. The van der Waals surface area contributed by atoms with Crippen LogP contribution in [0, 0.1) is 10.8 Å². The molecule has 5 atom stereocenters. The van der Waals surface area contributed by atoms with Crippen LogP contribution in [0.15, 0.2) is 65.9 Å². The van der Waals surface area contributed by atoms with Crippen molar-refractivity contribution in [3.05, 3.63) is 71.2 Å². The van der Waals surface area contributed by atoms with E-state index >= 15 is 0 Å². The number of benzene rings is 1. The highest BCUT2D eigenvalue weighted by Gasteiger charge is 2.28. The fourth-order valence-corrected chi connectivity index (χ4v) is 4.53. The second kappa shape index (κ2) is 27.6. The van der Waals surface area contributed by atoms with Crippen molar-refractivity contribution in [2.45, 2.75) is 125 Å². The highest BCUT2D eigenvalue weighted by molar-refractivity contribution is 5.62. The molecule has 1 aromatic heterocycles. The van der Waals surface area contributed by atoms with Crippen molar-refractivity contribution >= 4 is 0 Å². The van der Waals surface area contributed by atoms with E-state index in [1.165, 1.54) is 5.01 Å². The van der Waals surface area contributed by atoms with Gasteiger partial charge in [-0.2, -0.15) is 4.91 Å². The van der Waals surface area contributed by atoms with Gasteiger partial charge in [-0.3, -0.25) is 5.21 Å². The first-order chi connectivity index (χ1) is 23.2. The molecule has 2 aromatic rings. The predicted octanol–water partition coefficient (Wildman–Crippen LogP) is 6.49. The Morgan fingerprint density at radius 2 is 1.63 bits per heavy atom. The van der Waals surface area contributed by atoms with Gasteiger partial charge in [-0.05, 0) is 82.7 Å². The Balaban J connectivity index is 0. The minimum Gasteiger partial charge on any atom is -0.401 e. The van der Waals surface area contributed by atoms with Crippen molar-refractivity contribution in [2.75, 3.05) is 26.9 Å². The molecule has 0 radical (unpaired) electrons. The van der Waals surface area contributed by atoms with Crippen LogP contribution in [0.3, 0.4) is 0 Å². The lowest BCUT2D eigenvalue weighted by Gasteiger charge is -2.30. The second-order valence-corrected chi connectivity index (χ2v) is 12.1. The van der Waals surface area contributed by atoms with Gasteiger partial charge in [0.25, 0.3) is 0 Å². The Bertz CT molecular complexity index is 1120. The Morgan fingerprint density at radius 1 is 1.08 bits per heavy atom. The van der Waals surface area contributed by atoms with Crippen LogP contribution in [0.25, 0.3) is 11.1 Å². The van der Waals surface area contributed by atoms with Gasteiger partial charge in [-0.1, -0.05) is 77.9 Å². The molecule has 7 N–H and O–H groups in total. The first kappa shape index (κ1) is 48.0. The molecule has 0 fully saturated rings. The third-order valence-electron chi connectivity index (χ3n) is 7.03. The summed E-state index contributed by atoms with van der Waals surface area (Å²) in [6.45, 7) is 19.7. The molecule has 0 aliphatic carbocycles. The Kier molecular flexibility index (Phi) is 27.0. The number of nitrogens with one attached hydrogen (secondary N) is 1. The molecule has 0 saturated heterocycles. The van der Waals surface area contributed by atoms with E-state index in [4.69, 9.17) is 21.1 Å². The summed E-state index contributed by atoms with van der Waals surface area (Å²) < 4.78 is 25.7. The summed E-state index contributed by atoms with van der Waals surface area (Å²) >= 11 is 0. The molecule has 282 valence electrons. The van der Waals surface area contributed by atoms with Gasteiger partial charge in [0, 0.05) is 28.8 Å². The Hall–Kier alpha value is -3.16. The zero-order valence-electron chi connectivity index (χ0n) is 32.0. The van der Waals surface area contributed by atoms with E-state index in [1.54, 1.807) is 32.4 Å². The number of pyridine rings is 1. The van der Waals surface area contributed by atoms with Gasteiger partial charge in [-0.15, -0.1) is 0 Å². The maximum Gasteiger partial charge on any atom is 0.222 e. The van der Waals surface area contributed by atoms with Gasteiger partial charge in [0.1, 0.15) is 12.7 Å². The van der Waals surface area contributed by atoms with Crippen LogP contribution in [-0.2, 0) is 15.9 Å². The number of nitroso groups, excluding NO2 is 1. The topological polar surface area (TPSA) is 160 Å². The molecule has 0 aliphatic heterocycles. The van der Waals surface area contributed by atoms with Gasteiger partial charge < -0.3 is 30.6 Å². The average molecular weight is 696 g/mol. The minimum atomic E-state index is -0.938. The summed E-state index contributed by atoms with van der Waals surface area (Å²) in [7, 11) is 1.87. The average Bonchev–Trinajstić information content (AvgIpc) is 3.09. The fourth-order valence-electron chi connectivity index (χ4n) is 4.53. The number of aliphatic hydroxyl groups is 1. The monoisotopic (exact) mass is 696 g/mol. The first-order valence-corrected chi connectivity index (χ1v) is 17.6. The number of allylic oxidation sites excluding steroid dienone is 1. The number of aromatic nitrogens is 1. The third-order valence-corrected chi connectivity index (χ3v) is 7.03. The normalized spacial score (nSPS) is 14.7. The van der Waals surface area contributed by atoms with Crippen molar-refractivity contribution in [3.63, 3.8) is 0 Å². The van der Waals surface area contributed by atoms with Gasteiger partial charge in [0.05, 0.1) is 24.4 Å². The summed E-state index contributed by atoms with van der Waals surface area (Å²) in [6.07, 6.45) is 6.54. The number of ether oxygens (including phenoxy) is 2. The van der Waals surface area contributed by atoms with E-state index in [2.05, 4.69) is 10.5 Å². The number of nitrogens with zero attached hydrogens (tertiary/aromatic N) is 3. The number of rotatable bonds is 19. The van der Waals surface area contributed by atoms with Crippen LogP contribution in [-0.4, -0.2) is 72.3 Å². The molecular weight excluding hydrogens is 627 g/mol. The van der Waals surface area contributed by atoms with Crippen LogP contribution in [0.1, 0.15) is 94.1 Å². The molecular formula is C37H68FN6O5+. The van der Waals surface area contributed by atoms with Gasteiger partial charge >= 0.3 is 0 Å². The molecule has 5 unspecified atom stereocenters. The number of nitrogens with two attached hydrogens (primary N) is 2. The number of hydrogen-bond acceptors (Lipinski definition) is 10. The number of halogens is 1. The van der Waals surface area contributed by atoms with Crippen LogP contribution in [0.2, 0.25) is 0 Å². The molecule has 0 aliphatic rings. The summed E-state index contributed by atoms with van der Waals surface area (Å²) in [6, 6.07) is 10.4. The number of hydrazine groups is 1. The predicted molar refractivity (Wildman–Crippen MR) is 198 cm³/mol. The summed E-state index contributed by atoms with van der Waals surface area (Å²) in [5.41, 5.74) is 8.45. The van der Waals surface area contributed by atoms with Gasteiger partial charge in [0.2, 0.25) is 12.4 Å². The highest BCUT2D eigenvalue weighted by Crippen LogP contribution is 2.21. The lowest BCUT2D eigenvalue weighted by Crippen LogP contribution is -2.40. The van der Waals surface area contributed by atoms with E-state index in [1.807, 2.05) is 98.8 Å². The number of hydrogen-bond donors (Lipinski definition) is 5. The largest absolute Gasteiger partial charge is 0.401 e. The van der Waals surface area contributed by atoms with Crippen molar-refractivity contribution in [1.82, 2.24) is 10.3 Å². The van der Waals surface area contributed by atoms with E-state index in [-0.39, 0.29) is 12.7 Å². The van der Waals surface area contributed by atoms with E-state index in [0.29, 0.717) is 30.9 Å². The quantitative estimate of drug-likeness (QED) is 0.0276. The molecule has 2 rings (SSSR count). The maximum atomic E-state index is 13.3. The molecule has 1 aromatic carbocycles. The molecule has 11 nitrogen and oxygen atoms in total. The highest BCUT2D eigenvalue weighted by atomic mass is 19.1. The second-order valence-electron chi connectivity index (χ2n) is 12.1. The van der Waals surface area contributed by atoms with E-state index in [0.717, 1.165) is 34.4 Å². The zero-order chi connectivity index (χ0) is 38.0. The lowest BCUT2D eigenvalue weighted by atomic mass is 9.95. The van der Waals surface area contributed by atoms with Crippen molar-refractivity contribution in [2.24, 2.45) is 22.7 Å².